The average molecular weight is 522 g/mol. The number of hydrogen-bond acceptors (Lipinski definition) is 8. The smallest absolute Gasteiger partial charge is 0.475 e. The van der Waals surface area contributed by atoms with E-state index in [0.717, 1.165) is 11.5 Å². The van der Waals surface area contributed by atoms with Crippen LogP contribution in [0.5, 0.6) is 0 Å². The Balaban J connectivity index is -0.000000491. The van der Waals surface area contributed by atoms with Gasteiger partial charge in [0.15, 0.2) is 0 Å². The highest BCUT2D eigenvalue weighted by molar-refractivity contribution is 8.76. The third-order valence-electron chi connectivity index (χ3n) is 2.36. The number of carboxylic acids is 2. The number of nitrogens with one attached hydrogen (secondary N) is 2. The van der Waals surface area contributed by atoms with Crippen LogP contribution >= 0.6 is 21.6 Å². The summed E-state index contributed by atoms with van der Waals surface area (Å²) in [5.41, 5.74) is 10.8. The molecule has 0 saturated heterocycles. The molecule has 190 valence electrons. The van der Waals surface area contributed by atoms with Gasteiger partial charge < -0.3 is 32.3 Å². The van der Waals surface area contributed by atoms with Gasteiger partial charge in [-0.2, -0.15) is 26.3 Å². The molecule has 2 atom stereocenters. The zero-order chi connectivity index (χ0) is 26.1. The van der Waals surface area contributed by atoms with Crippen LogP contribution in [0, 0.1) is 0 Å². The van der Waals surface area contributed by atoms with Gasteiger partial charge in [0.25, 0.3) is 0 Å². The fraction of sp³-hybridized carbons (Fsp3) is 0.714. The number of rotatable bonds is 9. The first-order chi connectivity index (χ1) is 14.3. The summed E-state index contributed by atoms with van der Waals surface area (Å²) in [6.45, 7) is 4.51. The molecule has 10 nitrogen and oxygen atoms in total. The lowest BCUT2D eigenvalue weighted by Gasteiger charge is -2.08. The van der Waals surface area contributed by atoms with Crippen LogP contribution in [0.2, 0.25) is 0 Å². The molecule has 0 fully saturated rings. The third-order valence-corrected chi connectivity index (χ3v) is 4.77. The second kappa shape index (κ2) is 17.6. The van der Waals surface area contributed by atoms with E-state index >= 15 is 0 Å². The van der Waals surface area contributed by atoms with Crippen LogP contribution in [0.3, 0.4) is 0 Å². The number of alkyl halides is 6. The quantitative estimate of drug-likeness (QED) is 0.142. The molecule has 0 spiro atoms. The van der Waals surface area contributed by atoms with Gasteiger partial charge in [0, 0.05) is 24.6 Å². The number of carboxylic acid groups (broad SMARTS) is 2. The zero-order valence-corrected chi connectivity index (χ0v) is 18.4. The van der Waals surface area contributed by atoms with Crippen molar-refractivity contribution in [3.05, 3.63) is 0 Å². The lowest BCUT2D eigenvalue weighted by molar-refractivity contribution is -0.193. The number of amides is 2. The van der Waals surface area contributed by atoms with Crippen molar-refractivity contribution in [3.8, 4) is 0 Å². The summed E-state index contributed by atoms with van der Waals surface area (Å²) in [4.78, 5) is 40.0. The van der Waals surface area contributed by atoms with Gasteiger partial charge >= 0.3 is 24.3 Å². The first kappa shape index (κ1) is 34.7. The predicted octanol–water partition coefficient (Wildman–Crippen LogP) is 0.561. The molecule has 0 unspecified atom stereocenters. The minimum atomic E-state index is -5.08. The van der Waals surface area contributed by atoms with Crippen molar-refractivity contribution >= 4 is 45.3 Å². The number of carbonyl (C=O) groups is 4. The molecule has 0 saturated carbocycles. The Morgan fingerprint density at radius 2 is 0.969 bits per heavy atom. The Labute approximate surface area is 186 Å². The largest absolute Gasteiger partial charge is 0.490 e. The van der Waals surface area contributed by atoms with Gasteiger partial charge in [-0.15, -0.1) is 0 Å². The third kappa shape index (κ3) is 24.4. The van der Waals surface area contributed by atoms with Gasteiger partial charge in [-0.1, -0.05) is 21.6 Å². The highest BCUT2D eigenvalue weighted by atomic mass is 33.1. The number of hydrogen-bond donors (Lipinski definition) is 6. The Morgan fingerprint density at radius 1 is 0.750 bits per heavy atom. The molecule has 18 heteroatoms. The monoisotopic (exact) mass is 522 g/mol. The molecule has 32 heavy (non-hydrogen) atoms. The summed E-state index contributed by atoms with van der Waals surface area (Å²) < 4.78 is 63.5. The first-order valence-corrected chi connectivity index (χ1v) is 10.7. The average Bonchev–Trinajstić information content (AvgIpc) is 2.62. The molecule has 0 aliphatic heterocycles. The molecule has 0 bridgehead atoms. The molecule has 0 radical (unpaired) electrons. The Kier molecular flexibility index (Phi) is 19.1. The van der Waals surface area contributed by atoms with Crippen LogP contribution in [0.4, 0.5) is 26.3 Å². The molecule has 0 rings (SSSR count). The Bertz CT molecular complexity index is 541. The van der Waals surface area contributed by atoms with Crippen molar-refractivity contribution in [2.75, 3.05) is 24.6 Å². The highest BCUT2D eigenvalue weighted by Crippen LogP contribution is 2.19. The summed E-state index contributed by atoms with van der Waals surface area (Å²) >= 11 is 0. The number of aliphatic carboxylic acids is 2. The number of carbonyl (C=O) groups excluding carboxylic acids is 2. The molecule has 0 heterocycles. The van der Waals surface area contributed by atoms with Crippen molar-refractivity contribution in [1.29, 1.82) is 0 Å². The van der Waals surface area contributed by atoms with Crippen LogP contribution in [0.25, 0.3) is 0 Å². The van der Waals surface area contributed by atoms with Gasteiger partial charge in [0.05, 0.1) is 12.1 Å². The molecule has 8 N–H and O–H groups in total. The molecule has 0 aromatic carbocycles. The Hall–Kier alpha value is -1.92. The molecular weight excluding hydrogens is 498 g/mol. The maximum Gasteiger partial charge on any atom is 0.490 e. The van der Waals surface area contributed by atoms with Gasteiger partial charge in [-0.3, -0.25) is 9.59 Å². The normalized spacial score (nSPS) is 12.7. The predicted molar refractivity (Wildman–Crippen MR) is 106 cm³/mol. The van der Waals surface area contributed by atoms with Gasteiger partial charge in [-0.25, -0.2) is 9.59 Å². The van der Waals surface area contributed by atoms with Crippen LogP contribution < -0.4 is 22.1 Å². The SMILES string of the molecule is C[C@H](N)C(=O)NCCSSCCNC(=O)[C@H](C)N.O=C(O)C(F)(F)F.O=C(O)C(F)(F)F. The highest BCUT2D eigenvalue weighted by Gasteiger charge is 2.38. The van der Waals surface area contributed by atoms with Gasteiger partial charge in [0.1, 0.15) is 0 Å². The lowest BCUT2D eigenvalue weighted by atomic mass is 10.3. The van der Waals surface area contributed by atoms with Crippen molar-refractivity contribution in [2.24, 2.45) is 11.5 Å². The van der Waals surface area contributed by atoms with E-state index in [1.54, 1.807) is 35.4 Å². The van der Waals surface area contributed by atoms with Crippen molar-refractivity contribution in [2.45, 2.75) is 38.3 Å². The summed E-state index contributed by atoms with van der Waals surface area (Å²) in [5, 5.41) is 19.7. The number of nitrogens with two attached hydrogens (primary N) is 2. The molecule has 0 aromatic heterocycles. The fourth-order valence-corrected chi connectivity index (χ4v) is 2.69. The Morgan fingerprint density at radius 3 is 1.12 bits per heavy atom. The molecular formula is C14H24F6N4O6S2. The van der Waals surface area contributed by atoms with Crippen LogP contribution in [0.15, 0.2) is 0 Å². The topological polar surface area (TPSA) is 185 Å². The van der Waals surface area contributed by atoms with E-state index in [0.29, 0.717) is 13.1 Å². The van der Waals surface area contributed by atoms with Crippen molar-refractivity contribution in [3.63, 3.8) is 0 Å². The summed E-state index contributed by atoms with van der Waals surface area (Å²) in [6, 6.07) is -0.924. The molecule has 2 amide bonds. The van der Waals surface area contributed by atoms with E-state index in [1.165, 1.54) is 0 Å². The second-order valence-electron chi connectivity index (χ2n) is 5.41. The lowest BCUT2D eigenvalue weighted by Crippen LogP contribution is -2.39. The van der Waals surface area contributed by atoms with Gasteiger partial charge in [0.2, 0.25) is 11.8 Å². The van der Waals surface area contributed by atoms with Crippen molar-refractivity contribution < 1.29 is 55.7 Å². The maximum absolute atomic E-state index is 11.1. The van der Waals surface area contributed by atoms with E-state index < -0.39 is 36.4 Å². The maximum atomic E-state index is 11.1. The fourth-order valence-electron chi connectivity index (χ4n) is 0.872. The van der Waals surface area contributed by atoms with E-state index in [1.807, 2.05) is 0 Å². The first-order valence-electron chi connectivity index (χ1n) is 8.25. The second-order valence-corrected chi connectivity index (χ2v) is 8.11. The van der Waals surface area contributed by atoms with Crippen LogP contribution in [-0.4, -0.2) is 83.0 Å². The summed E-state index contributed by atoms with van der Waals surface area (Å²) in [6.07, 6.45) is -10.2. The summed E-state index contributed by atoms with van der Waals surface area (Å²) in [7, 11) is 3.29. The summed E-state index contributed by atoms with van der Waals surface area (Å²) in [5.74, 6) is -4.16. The van der Waals surface area contributed by atoms with E-state index in [2.05, 4.69) is 10.6 Å². The van der Waals surface area contributed by atoms with E-state index in [4.69, 9.17) is 31.3 Å². The van der Waals surface area contributed by atoms with Crippen molar-refractivity contribution in [1.82, 2.24) is 10.6 Å². The van der Waals surface area contributed by atoms with Crippen LogP contribution in [0.1, 0.15) is 13.8 Å². The van der Waals surface area contributed by atoms with Gasteiger partial charge in [-0.05, 0) is 13.8 Å². The molecule has 0 aliphatic rings. The minimum Gasteiger partial charge on any atom is -0.475 e. The number of halogens is 6. The zero-order valence-electron chi connectivity index (χ0n) is 16.7. The van der Waals surface area contributed by atoms with E-state index in [9.17, 15) is 35.9 Å². The minimum absolute atomic E-state index is 0.134. The van der Waals surface area contributed by atoms with Crippen LogP contribution in [-0.2, 0) is 19.2 Å². The molecule has 0 aromatic rings. The molecule has 0 aliphatic carbocycles. The van der Waals surface area contributed by atoms with E-state index in [-0.39, 0.29) is 11.8 Å². The standard InChI is InChI=1S/C10H22N4O2S2.2C2HF3O2/c1-7(11)9(15)13-3-5-17-18-6-4-14-10(16)8(2)12;2*3-2(4,5)1(6)7/h7-8H,3-6,11-12H2,1-2H3,(H,13,15)(H,14,16);2*(H,6,7)/t7-,8-;;/m0../s1.